The van der Waals surface area contributed by atoms with Crippen molar-refractivity contribution in [1.29, 1.82) is 0 Å². The van der Waals surface area contributed by atoms with Gasteiger partial charge in [-0.25, -0.2) is 0 Å². The second-order valence-corrected chi connectivity index (χ2v) is 4.14. The predicted molar refractivity (Wildman–Crippen MR) is 66.1 cm³/mol. The fraction of sp³-hybridized carbons (Fsp3) is 0.214. The zero-order valence-corrected chi connectivity index (χ0v) is 10.3. The molecule has 2 aromatic rings. The number of aromatic nitrogens is 1. The monoisotopic (exact) mass is 283 g/mol. The summed E-state index contributed by atoms with van der Waals surface area (Å²) in [6.45, 7) is -0.146. The number of hydrogen-bond acceptors (Lipinski definition) is 3. The lowest BCUT2D eigenvalue weighted by atomic mass is 10.2. The molecule has 2 rings (SSSR count). The van der Waals surface area contributed by atoms with Crippen LogP contribution in [0.2, 0.25) is 0 Å². The van der Waals surface area contributed by atoms with Gasteiger partial charge in [0, 0.05) is 18.0 Å². The molecular formula is C14H12F3NO2. The first-order valence-electron chi connectivity index (χ1n) is 5.85. The van der Waals surface area contributed by atoms with Gasteiger partial charge in [0.15, 0.2) is 0 Å². The van der Waals surface area contributed by atoms with E-state index in [4.69, 9.17) is 4.74 Å². The van der Waals surface area contributed by atoms with E-state index in [-0.39, 0.29) is 12.4 Å². The predicted octanol–water partition coefficient (Wildman–Crippen LogP) is 3.21. The molecular weight excluding hydrogens is 271 g/mol. The van der Waals surface area contributed by atoms with E-state index in [0.29, 0.717) is 5.56 Å². The van der Waals surface area contributed by atoms with E-state index in [9.17, 15) is 18.3 Å². The van der Waals surface area contributed by atoms with Crippen molar-refractivity contribution in [2.24, 2.45) is 0 Å². The quantitative estimate of drug-likeness (QED) is 0.936. The van der Waals surface area contributed by atoms with Gasteiger partial charge in [0.25, 0.3) is 0 Å². The SMILES string of the molecule is OC(COc1cccc(C(F)(F)F)c1)c1cccnc1. The number of ether oxygens (including phenoxy) is 1. The van der Waals surface area contributed by atoms with Crippen LogP contribution in [0.5, 0.6) is 5.75 Å². The highest BCUT2D eigenvalue weighted by atomic mass is 19.4. The summed E-state index contributed by atoms with van der Waals surface area (Å²) < 4.78 is 42.7. The van der Waals surface area contributed by atoms with Gasteiger partial charge in [0.05, 0.1) is 5.56 Å². The van der Waals surface area contributed by atoms with E-state index < -0.39 is 17.8 Å². The van der Waals surface area contributed by atoms with Crippen molar-refractivity contribution < 1.29 is 23.0 Å². The van der Waals surface area contributed by atoms with Gasteiger partial charge in [-0.15, -0.1) is 0 Å². The Labute approximate surface area is 113 Å². The molecule has 1 atom stereocenters. The number of aliphatic hydroxyl groups excluding tert-OH is 1. The lowest BCUT2D eigenvalue weighted by Gasteiger charge is -2.13. The maximum atomic E-state index is 12.5. The number of benzene rings is 1. The number of pyridine rings is 1. The molecule has 0 fully saturated rings. The number of hydrogen-bond donors (Lipinski definition) is 1. The molecule has 1 heterocycles. The van der Waals surface area contributed by atoms with Gasteiger partial charge in [0.2, 0.25) is 0 Å². The number of aliphatic hydroxyl groups is 1. The first kappa shape index (κ1) is 14.3. The number of rotatable bonds is 4. The van der Waals surface area contributed by atoms with Gasteiger partial charge in [0.1, 0.15) is 18.5 Å². The van der Waals surface area contributed by atoms with Crippen LogP contribution in [0.1, 0.15) is 17.2 Å². The maximum Gasteiger partial charge on any atom is 0.416 e. The Hall–Kier alpha value is -2.08. The fourth-order valence-electron chi connectivity index (χ4n) is 1.61. The molecule has 20 heavy (non-hydrogen) atoms. The zero-order chi connectivity index (χ0) is 14.6. The summed E-state index contributed by atoms with van der Waals surface area (Å²) in [4.78, 5) is 3.84. The maximum absolute atomic E-state index is 12.5. The first-order chi connectivity index (χ1) is 9.47. The summed E-state index contributed by atoms with van der Waals surface area (Å²) in [5.41, 5.74) is -0.245. The molecule has 0 spiro atoms. The lowest BCUT2D eigenvalue weighted by molar-refractivity contribution is -0.137. The molecule has 1 unspecified atom stereocenters. The number of alkyl halides is 3. The van der Waals surface area contributed by atoms with Crippen molar-refractivity contribution in [1.82, 2.24) is 4.98 Å². The summed E-state index contributed by atoms with van der Waals surface area (Å²) in [5.74, 6) is 0.0581. The van der Waals surface area contributed by atoms with Crippen LogP contribution in [-0.2, 0) is 6.18 Å². The molecule has 0 aliphatic heterocycles. The molecule has 0 bridgehead atoms. The van der Waals surface area contributed by atoms with E-state index in [2.05, 4.69) is 4.98 Å². The second kappa shape index (κ2) is 5.92. The highest BCUT2D eigenvalue weighted by Gasteiger charge is 2.30. The van der Waals surface area contributed by atoms with Gasteiger partial charge >= 0.3 is 6.18 Å². The van der Waals surface area contributed by atoms with Crippen LogP contribution in [0.15, 0.2) is 48.8 Å². The van der Waals surface area contributed by atoms with Gasteiger partial charge in [-0.3, -0.25) is 4.98 Å². The average molecular weight is 283 g/mol. The number of halogens is 3. The van der Waals surface area contributed by atoms with Crippen LogP contribution < -0.4 is 4.74 Å². The van der Waals surface area contributed by atoms with Gasteiger partial charge in [-0.2, -0.15) is 13.2 Å². The van der Waals surface area contributed by atoms with Gasteiger partial charge < -0.3 is 9.84 Å². The van der Waals surface area contributed by atoms with Crippen molar-refractivity contribution in [3.63, 3.8) is 0 Å². The van der Waals surface area contributed by atoms with Gasteiger partial charge in [-0.1, -0.05) is 12.1 Å². The third-order valence-corrected chi connectivity index (χ3v) is 2.64. The largest absolute Gasteiger partial charge is 0.491 e. The normalized spacial score (nSPS) is 13.0. The number of nitrogens with zero attached hydrogens (tertiary/aromatic N) is 1. The van der Waals surface area contributed by atoms with Crippen LogP contribution >= 0.6 is 0 Å². The van der Waals surface area contributed by atoms with E-state index in [1.54, 1.807) is 18.3 Å². The molecule has 0 aliphatic carbocycles. The van der Waals surface area contributed by atoms with E-state index in [1.807, 2.05) is 0 Å². The van der Waals surface area contributed by atoms with Crippen LogP contribution in [0.3, 0.4) is 0 Å². The molecule has 0 saturated heterocycles. The molecule has 106 valence electrons. The minimum atomic E-state index is -4.42. The second-order valence-electron chi connectivity index (χ2n) is 4.14. The minimum Gasteiger partial charge on any atom is -0.491 e. The smallest absolute Gasteiger partial charge is 0.416 e. The van der Waals surface area contributed by atoms with Crippen molar-refractivity contribution in [3.05, 3.63) is 59.9 Å². The van der Waals surface area contributed by atoms with Crippen LogP contribution in [0, 0.1) is 0 Å². The van der Waals surface area contributed by atoms with Crippen molar-refractivity contribution in [3.8, 4) is 5.75 Å². The average Bonchev–Trinajstić information content (AvgIpc) is 2.45. The molecule has 0 amide bonds. The van der Waals surface area contributed by atoms with Gasteiger partial charge in [-0.05, 0) is 24.3 Å². The minimum absolute atomic E-state index is 0.0581. The van der Waals surface area contributed by atoms with E-state index in [1.165, 1.54) is 18.3 Å². The van der Waals surface area contributed by atoms with Crippen LogP contribution in [0.25, 0.3) is 0 Å². The molecule has 3 nitrogen and oxygen atoms in total. The summed E-state index contributed by atoms with van der Waals surface area (Å²) >= 11 is 0. The summed E-state index contributed by atoms with van der Waals surface area (Å²) in [7, 11) is 0. The Morgan fingerprint density at radius 2 is 2.00 bits per heavy atom. The van der Waals surface area contributed by atoms with Crippen molar-refractivity contribution in [2.45, 2.75) is 12.3 Å². The van der Waals surface area contributed by atoms with E-state index in [0.717, 1.165) is 12.1 Å². The lowest BCUT2D eigenvalue weighted by Crippen LogP contribution is -2.11. The standard InChI is InChI=1S/C14H12F3NO2/c15-14(16,17)11-4-1-5-12(7-11)20-9-13(19)10-3-2-6-18-8-10/h1-8,13,19H,9H2. The highest BCUT2D eigenvalue weighted by molar-refractivity contribution is 5.30. The zero-order valence-electron chi connectivity index (χ0n) is 10.3. The molecule has 1 aromatic heterocycles. The third kappa shape index (κ3) is 3.71. The Morgan fingerprint density at radius 1 is 1.20 bits per heavy atom. The molecule has 1 aromatic carbocycles. The molecule has 6 heteroatoms. The molecule has 0 aliphatic rings. The van der Waals surface area contributed by atoms with Crippen molar-refractivity contribution >= 4 is 0 Å². The summed E-state index contributed by atoms with van der Waals surface area (Å²) in [5, 5.41) is 9.82. The fourth-order valence-corrected chi connectivity index (χ4v) is 1.61. The molecule has 0 radical (unpaired) electrons. The Morgan fingerprint density at radius 3 is 2.65 bits per heavy atom. The summed E-state index contributed by atoms with van der Waals surface area (Å²) in [6, 6.07) is 7.84. The Bertz CT molecular complexity index is 558. The topological polar surface area (TPSA) is 42.4 Å². The first-order valence-corrected chi connectivity index (χ1v) is 5.85. The molecule has 1 N–H and O–H groups in total. The summed E-state index contributed by atoms with van der Waals surface area (Å²) in [6.07, 6.45) is -2.33. The van der Waals surface area contributed by atoms with Crippen LogP contribution in [-0.4, -0.2) is 16.7 Å². The van der Waals surface area contributed by atoms with E-state index >= 15 is 0 Å². The molecule has 0 saturated carbocycles. The van der Waals surface area contributed by atoms with Crippen LogP contribution in [0.4, 0.5) is 13.2 Å². The Balaban J connectivity index is 2.01. The third-order valence-electron chi connectivity index (χ3n) is 2.64. The van der Waals surface area contributed by atoms with Crippen molar-refractivity contribution in [2.75, 3.05) is 6.61 Å². The highest BCUT2D eigenvalue weighted by Crippen LogP contribution is 2.31. The Kier molecular flexibility index (Phi) is 4.24.